The molecule has 0 aliphatic carbocycles. The van der Waals surface area contributed by atoms with Gasteiger partial charge < -0.3 is 19.9 Å². The number of piperazine rings is 1. The standard InChI is InChI=1S/C25H23ClFN3O3S/c1-3-29-11-17(25(32)33)23(31)16-9-18(27)21(10-20(16)29)30-7-6-28-19(12-30)24-13(2)15-8-14(26)4-5-22(15)34-24/h4-5,8-11,19,28H,3,6-7,12H2,1-2H3,(H,32,33). The molecule has 2 aromatic heterocycles. The highest BCUT2D eigenvalue weighted by Crippen LogP contribution is 2.38. The third kappa shape index (κ3) is 3.76. The molecule has 1 atom stereocenters. The van der Waals surface area contributed by atoms with Crippen LogP contribution in [0.2, 0.25) is 5.02 Å². The van der Waals surface area contributed by atoms with Gasteiger partial charge in [0.2, 0.25) is 5.43 Å². The maximum atomic E-state index is 15.3. The number of hydrogen-bond donors (Lipinski definition) is 2. The Morgan fingerprint density at radius 3 is 2.82 bits per heavy atom. The van der Waals surface area contributed by atoms with Crippen molar-refractivity contribution in [3.63, 3.8) is 0 Å². The van der Waals surface area contributed by atoms with Crippen LogP contribution in [0.4, 0.5) is 10.1 Å². The Morgan fingerprint density at radius 1 is 1.29 bits per heavy atom. The van der Waals surface area contributed by atoms with Crippen LogP contribution in [0.15, 0.2) is 41.3 Å². The summed E-state index contributed by atoms with van der Waals surface area (Å²) in [5.74, 6) is -1.85. The summed E-state index contributed by atoms with van der Waals surface area (Å²) in [5.41, 5.74) is 1.07. The summed E-state index contributed by atoms with van der Waals surface area (Å²) in [6.07, 6.45) is 1.33. The van der Waals surface area contributed by atoms with Crippen LogP contribution in [0, 0.1) is 12.7 Å². The molecule has 6 nitrogen and oxygen atoms in total. The number of thiophene rings is 1. The van der Waals surface area contributed by atoms with E-state index < -0.39 is 17.2 Å². The molecule has 34 heavy (non-hydrogen) atoms. The lowest BCUT2D eigenvalue weighted by Crippen LogP contribution is -2.46. The monoisotopic (exact) mass is 499 g/mol. The van der Waals surface area contributed by atoms with Gasteiger partial charge in [-0.15, -0.1) is 11.3 Å². The summed E-state index contributed by atoms with van der Waals surface area (Å²) in [7, 11) is 0. The largest absolute Gasteiger partial charge is 0.477 e. The zero-order chi connectivity index (χ0) is 24.1. The number of nitrogens with zero attached hydrogens (tertiary/aromatic N) is 2. The van der Waals surface area contributed by atoms with Gasteiger partial charge in [0, 0.05) is 52.4 Å². The molecular formula is C25H23ClFN3O3S. The first-order valence-corrected chi connectivity index (χ1v) is 12.2. The van der Waals surface area contributed by atoms with E-state index in [4.69, 9.17) is 11.6 Å². The quantitative estimate of drug-likeness (QED) is 0.404. The Hall–Kier alpha value is -2.94. The van der Waals surface area contributed by atoms with Gasteiger partial charge in [0.15, 0.2) is 0 Å². The molecule has 1 saturated heterocycles. The van der Waals surface area contributed by atoms with E-state index >= 15 is 4.39 Å². The summed E-state index contributed by atoms with van der Waals surface area (Å²) < 4.78 is 18.1. The van der Waals surface area contributed by atoms with Gasteiger partial charge in [0.05, 0.1) is 17.2 Å². The van der Waals surface area contributed by atoms with Crippen LogP contribution < -0.4 is 15.6 Å². The van der Waals surface area contributed by atoms with Gasteiger partial charge in [-0.05, 0) is 55.1 Å². The van der Waals surface area contributed by atoms with Crippen molar-refractivity contribution < 1.29 is 14.3 Å². The minimum atomic E-state index is -1.32. The Morgan fingerprint density at radius 2 is 2.09 bits per heavy atom. The molecule has 0 bridgehead atoms. The summed E-state index contributed by atoms with van der Waals surface area (Å²) in [4.78, 5) is 27.3. The molecule has 0 saturated carbocycles. The van der Waals surface area contributed by atoms with Crippen molar-refractivity contribution in [2.45, 2.75) is 26.4 Å². The Balaban J connectivity index is 1.56. The lowest BCUT2D eigenvalue weighted by atomic mass is 10.0. The molecule has 3 heterocycles. The first-order chi connectivity index (χ1) is 16.3. The summed E-state index contributed by atoms with van der Waals surface area (Å²) in [6.45, 7) is 6.24. The van der Waals surface area contributed by atoms with Gasteiger partial charge in [-0.3, -0.25) is 4.79 Å². The predicted molar refractivity (Wildman–Crippen MR) is 135 cm³/mol. The molecule has 1 aliphatic heterocycles. The van der Waals surface area contributed by atoms with Crippen molar-refractivity contribution in [2.75, 3.05) is 24.5 Å². The van der Waals surface area contributed by atoms with Crippen LogP contribution in [0.1, 0.15) is 33.8 Å². The van der Waals surface area contributed by atoms with E-state index in [9.17, 15) is 14.7 Å². The van der Waals surface area contributed by atoms with E-state index in [2.05, 4.69) is 12.2 Å². The highest BCUT2D eigenvalue weighted by Gasteiger charge is 2.27. The second kappa shape index (κ2) is 8.69. The van der Waals surface area contributed by atoms with Crippen molar-refractivity contribution in [1.82, 2.24) is 9.88 Å². The topological polar surface area (TPSA) is 74.6 Å². The number of anilines is 1. The maximum Gasteiger partial charge on any atom is 0.341 e. The lowest BCUT2D eigenvalue weighted by Gasteiger charge is -2.35. The van der Waals surface area contributed by atoms with E-state index in [0.29, 0.717) is 42.4 Å². The van der Waals surface area contributed by atoms with Gasteiger partial charge in [0.25, 0.3) is 0 Å². The fourth-order valence-corrected chi connectivity index (χ4v) is 6.17. The van der Waals surface area contributed by atoms with Crippen molar-refractivity contribution >= 4 is 55.6 Å². The molecule has 5 rings (SSSR count). The molecule has 0 spiro atoms. The SMILES string of the molecule is CCn1cc(C(=O)O)c(=O)c2cc(F)c(N3CCNC(c4sc5ccc(Cl)cc5c4C)C3)cc21. The maximum absolute atomic E-state index is 15.3. The van der Waals surface area contributed by atoms with E-state index in [1.807, 2.05) is 30.0 Å². The molecule has 9 heteroatoms. The van der Waals surface area contributed by atoms with Crippen LogP contribution in [0.5, 0.6) is 0 Å². The van der Waals surface area contributed by atoms with Crippen molar-refractivity contribution in [1.29, 1.82) is 0 Å². The highest BCUT2D eigenvalue weighted by molar-refractivity contribution is 7.19. The molecule has 4 aromatic rings. The van der Waals surface area contributed by atoms with Crippen molar-refractivity contribution in [3.05, 3.63) is 73.6 Å². The van der Waals surface area contributed by atoms with Crippen LogP contribution in [0.3, 0.4) is 0 Å². The minimum Gasteiger partial charge on any atom is -0.477 e. The van der Waals surface area contributed by atoms with Gasteiger partial charge >= 0.3 is 5.97 Å². The second-order valence-corrected chi connectivity index (χ2v) is 9.99. The Bertz CT molecular complexity index is 1510. The number of halogens is 2. The predicted octanol–water partition coefficient (Wildman–Crippen LogP) is 5.19. The third-order valence-corrected chi connectivity index (χ3v) is 8.11. The van der Waals surface area contributed by atoms with Crippen LogP contribution >= 0.6 is 22.9 Å². The van der Waals surface area contributed by atoms with E-state index in [-0.39, 0.29) is 17.0 Å². The van der Waals surface area contributed by atoms with Crippen LogP contribution in [-0.4, -0.2) is 35.3 Å². The number of carbonyl (C=O) groups is 1. The van der Waals surface area contributed by atoms with Gasteiger partial charge in [0.1, 0.15) is 11.4 Å². The summed E-state index contributed by atoms with van der Waals surface area (Å²) >= 11 is 7.91. The first kappa shape index (κ1) is 22.8. The number of carboxylic acid groups (broad SMARTS) is 1. The van der Waals surface area contributed by atoms with Crippen LogP contribution in [0.25, 0.3) is 21.0 Å². The molecule has 0 amide bonds. The van der Waals surface area contributed by atoms with Gasteiger partial charge in [-0.1, -0.05) is 11.6 Å². The number of hydrogen-bond acceptors (Lipinski definition) is 5. The Kier molecular flexibility index (Phi) is 5.83. The fourth-order valence-electron chi connectivity index (χ4n) is 4.74. The average Bonchev–Trinajstić information content (AvgIpc) is 3.15. The fraction of sp³-hybridized carbons (Fsp3) is 0.280. The Labute approximate surface area is 204 Å². The smallest absolute Gasteiger partial charge is 0.341 e. The average molecular weight is 500 g/mol. The zero-order valence-electron chi connectivity index (χ0n) is 18.7. The molecule has 2 N–H and O–H groups in total. The zero-order valence-corrected chi connectivity index (χ0v) is 20.3. The molecular weight excluding hydrogens is 477 g/mol. The number of nitrogens with one attached hydrogen (secondary N) is 1. The number of fused-ring (bicyclic) bond motifs is 2. The van der Waals surface area contributed by atoms with E-state index in [1.54, 1.807) is 22.0 Å². The molecule has 1 fully saturated rings. The number of aryl methyl sites for hydroxylation is 2. The summed E-state index contributed by atoms with van der Waals surface area (Å²) in [6, 6.07) is 8.75. The molecule has 0 radical (unpaired) electrons. The molecule has 176 valence electrons. The molecule has 2 aromatic carbocycles. The van der Waals surface area contributed by atoms with Crippen molar-refractivity contribution in [3.8, 4) is 0 Å². The number of pyridine rings is 1. The van der Waals surface area contributed by atoms with Gasteiger partial charge in [-0.2, -0.15) is 0 Å². The number of aromatic nitrogens is 1. The number of benzene rings is 2. The number of carboxylic acids is 1. The van der Waals surface area contributed by atoms with Gasteiger partial charge in [-0.25, -0.2) is 9.18 Å². The van der Waals surface area contributed by atoms with E-state index in [0.717, 1.165) is 10.1 Å². The lowest BCUT2D eigenvalue weighted by molar-refractivity contribution is 0.0695. The minimum absolute atomic E-state index is 0.0165. The number of aromatic carboxylic acids is 1. The normalized spacial score (nSPS) is 16.5. The van der Waals surface area contributed by atoms with Crippen molar-refractivity contribution in [2.24, 2.45) is 0 Å². The number of rotatable bonds is 4. The van der Waals surface area contributed by atoms with E-state index in [1.165, 1.54) is 22.7 Å². The van der Waals surface area contributed by atoms with Crippen LogP contribution in [-0.2, 0) is 6.54 Å². The first-order valence-electron chi connectivity index (χ1n) is 11.0. The summed E-state index contributed by atoms with van der Waals surface area (Å²) in [5, 5.41) is 14.8. The molecule has 1 unspecified atom stereocenters. The highest BCUT2D eigenvalue weighted by atomic mass is 35.5. The second-order valence-electron chi connectivity index (χ2n) is 8.47. The molecule has 1 aliphatic rings. The third-order valence-electron chi connectivity index (χ3n) is 6.49.